The molecule has 2 N–H and O–H groups in total. The van der Waals surface area contributed by atoms with Crippen LogP contribution >= 0.6 is 0 Å². The number of esters is 1. The van der Waals surface area contributed by atoms with E-state index in [9.17, 15) is 4.79 Å². The summed E-state index contributed by atoms with van der Waals surface area (Å²) < 4.78 is 5.62. The predicted octanol–water partition coefficient (Wildman–Crippen LogP) is 2.63. The Morgan fingerprint density at radius 1 is 1.29 bits per heavy atom. The number of carbonyl (C=O) groups excluding carboxylic acids is 1. The Kier molecular flexibility index (Phi) is 4.43. The van der Waals surface area contributed by atoms with Crippen molar-refractivity contribution in [1.82, 2.24) is 0 Å². The van der Waals surface area contributed by atoms with Gasteiger partial charge in [0.15, 0.2) is 0 Å². The molecule has 0 bridgehead atoms. The largest absolute Gasteiger partial charge is 0.462 e. The van der Waals surface area contributed by atoms with Crippen molar-refractivity contribution in [1.29, 1.82) is 0 Å². The number of hydrogen-bond donors (Lipinski definition) is 1. The highest BCUT2D eigenvalue weighted by atomic mass is 16.5. The molecule has 3 atom stereocenters. The molecule has 0 heterocycles. The van der Waals surface area contributed by atoms with E-state index in [2.05, 4.69) is 6.92 Å². The predicted molar refractivity (Wildman–Crippen MR) is 67.4 cm³/mol. The SMILES string of the molecule is CCC1CCCCC1OC(=O)CC(N)C1CC1. The van der Waals surface area contributed by atoms with Gasteiger partial charge in [0, 0.05) is 6.04 Å². The summed E-state index contributed by atoms with van der Waals surface area (Å²) in [5, 5.41) is 0. The lowest BCUT2D eigenvalue weighted by atomic mass is 9.85. The summed E-state index contributed by atoms with van der Waals surface area (Å²) in [5.41, 5.74) is 5.95. The molecule has 2 saturated carbocycles. The molecule has 2 fully saturated rings. The molecule has 0 aromatic carbocycles. The minimum Gasteiger partial charge on any atom is -0.462 e. The van der Waals surface area contributed by atoms with Gasteiger partial charge < -0.3 is 10.5 Å². The fraction of sp³-hybridized carbons (Fsp3) is 0.929. The average molecular weight is 239 g/mol. The van der Waals surface area contributed by atoms with Gasteiger partial charge in [-0.05, 0) is 50.4 Å². The Hall–Kier alpha value is -0.570. The summed E-state index contributed by atoms with van der Waals surface area (Å²) in [7, 11) is 0. The van der Waals surface area contributed by atoms with Crippen molar-refractivity contribution in [2.24, 2.45) is 17.6 Å². The van der Waals surface area contributed by atoms with Crippen LogP contribution in [0.4, 0.5) is 0 Å². The van der Waals surface area contributed by atoms with E-state index in [1.807, 2.05) is 0 Å². The van der Waals surface area contributed by atoms with Crippen LogP contribution in [-0.4, -0.2) is 18.1 Å². The molecule has 0 amide bonds. The molecule has 2 aliphatic carbocycles. The van der Waals surface area contributed by atoms with Crippen molar-refractivity contribution in [2.45, 2.75) is 70.4 Å². The van der Waals surface area contributed by atoms with Gasteiger partial charge in [0.05, 0.1) is 6.42 Å². The maximum absolute atomic E-state index is 11.8. The van der Waals surface area contributed by atoms with Crippen molar-refractivity contribution in [3.05, 3.63) is 0 Å². The van der Waals surface area contributed by atoms with Gasteiger partial charge in [-0.1, -0.05) is 13.3 Å². The van der Waals surface area contributed by atoms with Gasteiger partial charge in [0.25, 0.3) is 0 Å². The Morgan fingerprint density at radius 3 is 2.65 bits per heavy atom. The molecule has 3 unspecified atom stereocenters. The molecular weight excluding hydrogens is 214 g/mol. The van der Waals surface area contributed by atoms with Crippen LogP contribution in [0.5, 0.6) is 0 Å². The quantitative estimate of drug-likeness (QED) is 0.750. The fourth-order valence-corrected chi connectivity index (χ4v) is 2.90. The highest BCUT2D eigenvalue weighted by Crippen LogP contribution is 2.33. The second kappa shape index (κ2) is 5.85. The van der Waals surface area contributed by atoms with Crippen molar-refractivity contribution >= 4 is 5.97 Å². The Morgan fingerprint density at radius 2 is 2.00 bits per heavy atom. The molecule has 0 saturated heterocycles. The van der Waals surface area contributed by atoms with Gasteiger partial charge in [-0.3, -0.25) is 4.79 Å². The second-order valence-electron chi connectivity index (χ2n) is 5.69. The second-order valence-corrected chi connectivity index (χ2v) is 5.69. The molecule has 0 aliphatic heterocycles. The summed E-state index contributed by atoms with van der Waals surface area (Å²) >= 11 is 0. The zero-order valence-corrected chi connectivity index (χ0v) is 10.9. The minimum atomic E-state index is -0.0743. The number of carbonyl (C=O) groups is 1. The molecule has 3 heteroatoms. The fourth-order valence-electron chi connectivity index (χ4n) is 2.90. The van der Waals surface area contributed by atoms with Crippen molar-refractivity contribution in [3.63, 3.8) is 0 Å². The van der Waals surface area contributed by atoms with E-state index in [-0.39, 0.29) is 18.1 Å². The van der Waals surface area contributed by atoms with Gasteiger partial charge in [-0.15, -0.1) is 0 Å². The summed E-state index contributed by atoms with van der Waals surface area (Å²) in [6, 6.07) is 0.0335. The molecule has 0 aromatic rings. The lowest BCUT2D eigenvalue weighted by Gasteiger charge is -2.30. The maximum atomic E-state index is 11.8. The molecule has 3 nitrogen and oxygen atoms in total. The van der Waals surface area contributed by atoms with Crippen LogP contribution in [0.2, 0.25) is 0 Å². The first-order valence-corrected chi connectivity index (χ1v) is 7.15. The Balaban J connectivity index is 1.75. The smallest absolute Gasteiger partial charge is 0.307 e. The van der Waals surface area contributed by atoms with Gasteiger partial charge >= 0.3 is 5.97 Å². The van der Waals surface area contributed by atoms with E-state index in [0.29, 0.717) is 18.3 Å². The van der Waals surface area contributed by atoms with Crippen LogP contribution in [-0.2, 0) is 9.53 Å². The summed E-state index contributed by atoms with van der Waals surface area (Å²) in [6.45, 7) is 2.19. The monoisotopic (exact) mass is 239 g/mol. The van der Waals surface area contributed by atoms with Gasteiger partial charge in [0.2, 0.25) is 0 Å². The van der Waals surface area contributed by atoms with E-state index in [0.717, 1.165) is 12.8 Å². The first-order chi connectivity index (χ1) is 8.20. The summed E-state index contributed by atoms with van der Waals surface area (Å²) in [4.78, 5) is 11.8. The standard InChI is InChI=1S/C14H25NO2/c1-2-10-5-3-4-6-13(10)17-14(16)9-12(15)11-7-8-11/h10-13H,2-9,15H2,1H3. The van der Waals surface area contributed by atoms with Crippen LogP contribution in [0.1, 0.15) is 58.3 Å². The third kappa shape index (κ3) is 3.70. The molecule has 98 valence electrons. The maximum Gasteiger partial charge on any atom is 0.307 e. The molecule has 0 spiro atoms. The van der Waals surface area contributed by atoms with Crippen LogP contribution in [0, 0.1) is 11.8 Å². The zero-order chi connectivity index (χ0) is 12.3. The lowest BCUT2D eigenvalue weighted by molar-refractivity contribution is -0.154. The first kappa shape index (κ1) is 12.9. The Labute approximate surface area is 104 Å². The van der Waals surface area contributed by atoms with Gasteiger partial charge in [-0.2, -0.15) is 0 Å². The minimum absolute atomic E-state index is 0.0335. The number of hydrogen-bond acceptors (Lipinski definition) is 3. The lowest BCUT2D eigenvalue weighted by Crippen LogP contribution is -2.33. The molecule has 17 heavy (non-hydrogen) atoms. The third-order valence-electron chi connectivity index (χ3n) is 4.28. The summed E-state index contributed by atoms with van der Waals surface area (Å²) in [6.07, 6.45) is 8.81. The van der Waals surface area contributed by atoms with E-state index < -0.39 is 0 Å². The normalized spacial score (nSPS) is 30.9. The zero-order valence-electron chi connectivity index (χ0n) is 10.9. The number of rotatable bonds is 5. The van der Waals surface area contributed by atoms with Crippen LogP contribution < -0.4 is 5.73 Å². The van der Waals surface area contributed by atoms with Crippen LogP contribution in [0.15, 0.2) is 0 Å². The average Bonchev–Trinajstić information content (AvgIpc) is 3.13. The van der Waals surface area contributed by atoms with Crippen LogP contribution in [0.25, 0.3) is 0 Å². The highest BCUT2D eigenvalue weighted by Gasteiger charge is 2.32. The van der Waals surface area contributed by atoms with E-state index >= 15 is 0 Å². The number of ether oxygens (including phenoxy) is 1. The van der Waals surface area contributed by atoms with Gasteiger partial charge in [-0.25, -0.2) is 0 Å². The van der Waals surface area contributed by atoms with Crippen molar-refractivity contribution in [2.75, 3.05) is 0 Å². The highest BCUT2D eigenvalue weighted by molar-refractivity contribution is 5.70. The molecule has 0 aromatic heterocycles. The Bertz CT molecular complexity index is 263. The van der Waals surface area contributed by atoms with Crippen molar-refractivity contribution in [3.8, 4) is 0 Å². The first-order valence-electron chi connectivity index (χ1n) is 7.15. The molecule has 2 aliphatic rings. The molecule has 0 radical (unpaired) electrons. The molecular formula is C14H25NO2. The third-order valence-corrected chi connectivity index (χ3v) is 4.28. The topological polar surface area (TPSA) is 52.3 Å². The molecule has 2 rings (SSSR count). The van der Waals surface area contributed by atoms with E-state index in [4.69, 9.17) is 10.5 Å². The van der Waals surface area contributed by atoms with E-state index in [1.54, 1.807) is 0 Å². The van der Waals surface area contributed by atoms with Gasteiger partial charge in [0.1, 0.15) is 6.10 Å². The summed E-state index contributed by atoms with van der Waals surface area (Å²) in [5.74, 6) is 1.08. The van der Waals surface area contributed by atoms with E-state index in [1.165, 1.54) is 32.1 Å². The number of nitrogens with two attached hydrogens (primary N) is 1. The van der Waals surface area contributed by atoms with Crippen LogP contribution in [0.3, 0.4) is 0 Å². The van der Waals surface area contributed by atoms with Crippen molar-refractivity contribution < 1.29 is 9.53 Å².